The van der Waals surface area contributed by atoms with Gasteiger partial charge in [-0.05, 0) is 62.5 Å². The molecule has 2 aliphatic rings. The summed E-state index contributed by atoms with van der Waals surface area (Å²) in [4.78, 5) is 33.4. The van der Waals surface area contributed by atoms with E-state index < -0.39 is 0 Å². The topological polar surface area (TPSA) is 92.7 Å². The van der Waals surface area contributed by atoms with Crippen LogP contribution in [0.5, 0.6) is 5.75 Å². The minimum absolute atomic E-state index is 0.00378. The van der Waals surface area contributed by atoms with Crippen LogP contribution in [0, 0.1) is 5.92 Å². The standard InChI is InChI=1S/C23H25ClN4O3/c24-20-2-1-17(12-19(20)23(30)27-10-5-15-3-7-25-8-4-15)31-14-16-11-22(29)18-6-9-26-13-21(18)28-16/h1-2,6,9,12-13,15,25H,3-5,7-8,10-11,14H2,(H,27,30). The quantitative estimate of drug-likeness (QED) is 0.686. The first kappa shape index (κ1) is 21.5. The van der Waals surface area contributed by atoms with Crippen LogP contribution in [0.2, 0.25) is 5.02 Å². The number of carbonyl (C=O) groups excluding carboxylic acids is 2. The van der Waals surface area contributed by atoms with Gasteiger partial charge >= 0.3 is 0 Å². The molecular formula is C23H25ClN4O3. The van der Waals surface area contributed by atoms with Gasteiger partial charge in [0.05, 0.1) is 34.6 Å². The highest BCUT2D eigenvalue weighted by atomic mass is 35.5. The predicted molar refractivity (Wildman–Crippen MR) is 120 cm³/mol. The number of benzene rings is 1. The molecule has 4 rings (SSSR count). The summed E-state index contributed by atoms with van der Waals surface area (Å²) in [5.41, 5.74) is 2.13. The average molecular weight is 441 g/mol. The van der Waals surface area contributed by atoms with E-state index in [2.05, 4.69) is 20.6 Å². The molecule has 1 fully saturated rings. The van der Waals surface area contributed by atoms with Gasteiger partial charge in [-0.25, -0.2) is 0 Å². The lowest BCUT2D eigenvalue weighted by Crippen LogP contribution is -2.31. The summed E-state index contributed by atoms with van der Waals surface area (Å²) >= 11 is 6.24. The van der Waals surface area contributed by atoms with E-state index in [0.717, 1.165) is 32.4 Å². The van der Waals surface area contributed by atoms with E-state index in [9.17, 15) is 9.59 Å². The number of hydrogen-bond donors (Lipinski definition) is 2. The van der Waals surface area contributed by atoms with Crippen molar-refractivity contribution in [1.29, 1.82) is 0 Å². The van der Waals surface area contributed by atoms with Crippen LogP contribution in [0.3, 0.4) is 0 Å². The Bertz CT molecular complexity index is 1000. The number of rotatable bonds is 7. The number of ether oxygens (including phenoxy) is 1. The Kier molecular flexibility index (Phi) is 6.94. The Morgan fingerprint density at radius 3 is 2.94 bits per heavy atom. The number of aliphatic imine (C=N–C) groups is 1. The van der Waals surface area contributed by atoms with Gasteiger partial charge in [0.15, 0.2) is 5.78 Å². The van der Waals surface area contributed by atoms with E-state index in [-0.39, 0.29) is 24.7 Å². The molecule has 8 heteroatoms. The highest BCUT2D eigenvalue weighted by molar-refractivity contribution is 6.33. The predicted octanol–water partition coefficient (Wildman–Crippen LogP) is 3.59. The molecule has 1 aromatic heterocycles. The number of carbonyl (C=O) groups is 2. The van der Waals surface area contributed by atoms with Crippen molar-refractivity contribution in [1.82, 2.24) is 15.6 Å². The van der Waals surface area contributed by atoms with Gasteiger partial charge in [-0.2, -0.15) is 0 Å². The lowest BCUT2D eigenvalue weighted by atomic mass is 9.95. The fourth-order valence-electron chi connectivity index (χ4n) is 3.87. The first-order chi connectivity index (χ1) is 15.1. The van der Waals surface area contributed by atoms with Crippen molar-refractivity contribution in [3.63, 3.8) is 0 Å². The summed E-state index contributed by atoms with van der Waals surface area (Å²) in [6, 6.07) is 6.65. The van der Waals surface area contributed by atoms with Gasteiger partial charge in [0, 0.05) is 18.3 Å². The van der Waals surface area contributed by atoms with Crippen LogP contribution in [-0.2, 0) is 0 Å². The molecule has 0 spiro atoms. The largest absolute Gasteiger partial charge is 0.488 e. The molecule has 2 aliphatic heterocycles. The minimum Gasteiger partial charge on any atom is -0.488 e. The van der Waals surface area contributed by atoms with Gasteiger partial charge in [0.25, 0.3) is 5.91 Å². The van der Waals surface area contributed by atoms with Crippen LogP contribution < -0.4 is 15.4 Å². The number of aromatic nitrogens is 1. The zero-order chi connectivity index (χ0) is 21.6. The van der Waals surface area contributed by atoms with Gasteiger partial charge in [-0.1, -0.05) is 11.6 Å². The normalized spacial score (nSPS) is 16.4. The third-order valence-corrected chi connectivity index (χ3v) is 5.96. The van der Waals surface area contributed by atoms with Gasteiger partial charge in [-0.3, -0.25) is 19.6 Å². The molecule has 1 aromatic carbocycles. The van der Waals surface area contributed by atoms with E-state index in [1.807, 2.05) is 0 Å². The molecular weight excluding hydrogens is 416 g/mol. The zero-order valence-electron chi connectivity index (χ0n) is 17.2. The number of amides is 1. The van der Waals surface area contributed by atoms with Gasteiger partial charge in [0.2, 0.25) is 0 Å². The molecule has 3 heterocycles. The number of piperidine rings is 1. The number of nitrogens with zero attached hydrogens (tertiary/aromatic N) is 2. The lowest BCUT2D eigenvalue weighted by Gasteiger charge is -2.22. The molecule has 0 bridgehead atoms. The molecule has 162 valence electrons. The number of hydrogen-bond acceptors (Lipinski definition) is 6. The third kappa shape index (κ3) is 5.48. The highest BCUT2D eigenvalue weighted by Gasteiger charge is 2.20. The van der Waals surface area contributed by atoms with Crippen LogP contribution in [0.15, 0.2) is 41.7 Å². The van der Waals surface area contributed by atoms with E-state index in [4.69, 9.17) is 16.3 Å². The SMILES string of the molecule is O=C(NCCC1CCNCC1)c1cc(OCC2=Nc3cnccc3C(=O)C2)ccc1Cl. The average Bonchev–Trinajstić information content (AvgIpc) is 2.79. The second-order valence-electron chi connectivity index (χ2n) is 7.84. The van der Waals surface area contributed by atoms with Crippen LogP contribution in [0.25, 0.3) is 0 Å². The van der Waals surface area contributed by atoms with Crippen molar-refractivity contribution in [3.8, 4) is 5.75 Å². The maximum atomic E-state index is 12.6. The van der Waals surface area contributed by atoms with E-state index in [1.165, 1.54) is 0 Å². The van der Waals surface area contributed by atoms with Crippen LogP contribution in [-0.4, -0.2) is 48.6 Å². The fraction of sp³-hybridized carbons (Fsp3) is 0.391. The summed E-state index contributed by atoms with van der Waals surface area (Å²) in [7, 11) is 0. The monoisotopic (exact) mass is 440 g/mol. The van der Waals surface area contributed by atoms with Crippen molar-refractivity contribution in [2.24, 2.45) is 10.9 Å². The molecule has 1 saturated heterocycles. The summed E-state index contributed by atoms with van der Waals surface area (Å²) in [5, 5.41) is 6.68. The first-order valence-corrected chi connectivity index (χ1v) is 10.9. The van der Waals surface area contributed by atoms with Crippen molar-refractivity contribution in [2.45, 2.75) is 25.7 Å². The molecule has 0 atom stereocenters. The van der Waals surface area contributed by atoms with Crippen LogP contribution in [0.4, 0.5) is 5.69 Å². The summed E-state index contributed by atoms with van der Waals surface area (Å²) < 4.78 is 5.81. The number of nitrogens with one attached hydrogen (secondary N) is 2. The summed E-state index contributed by atoms with van der Waals surface area (Å²) in [6.45, 7) is 2.86. The van der Waals surface area contributed by atoms with E-state index in [1.54, 1.807) is 36.7 Å². The number of halogens is 1. The first-order valence-electron chi connectivity index (χ1n) is 10.5. The van der Waals surface area contributed by atoms with Crippen molar-refractivity contribution >= 4 is 34.7 Å². The summed E-state index contributed by atoms with van der Waals surface area (Å²) in [6.07, 6.45) is 6.61. The van der Waals surface area contributed by atoms with Crippen molar-refractivity contribution in [2.75, 3.05) is 26.2 Å². The summed E-state index contributed by atoms with van der Waals surface area (Å²) in [5.74, 6) is 0.927. The fourth-order valence-corrected chi connectivity index (χ4v) is 4.08. The Morgan fingerprint density at radius 2 is 2.10 bits per heavy atom. The Balaban J connectivity index is 1.35. The maximum Gasteiger partial charge on any atom is 0.252 e. The number of pyridine rings is 1. The Labute approximate surface area is 186 Å². The van der Waals surface area contributed by atoms with Crippen molar-refractivity contribution < 1.29 is 14.3 Å². The molecule has 0 radical (unpaired) electrons. The number of ketones is 1. The van der Waals surface area contributed by atoms with Gasteiger partial charge < -0.3 is 15.4 Å². The maximum absolute atomic E-state index is 12.6. The highest BCUT2D eigenvalue weighted by Crippen LogP contribution is 2.26. The van der Waals surface area contributed by atoms with E-state index in [0.29, 0.717) is 45.8 Å². The van der Waals surface area contributed by atoms with Gasteiger partial charge in [-0.15, -0.1) is 0 Å². The van der Waals surface area contributed by atoms with Gasteiger partial charge in [0.1, 0.15) is 12.4 Å². The molecule has 0 unspecified atom stereocenters. The molecule has 0 saturated carbocycles. The molecule has 31 heavy (non-hydrogen) atoms. The Morgan fingerprint density at radius 1 is 1.26 bits per heavy atom. The van der Waals surface area contributed by atoms with Crippen LogP contribution >= 0.6 is 11.6 Å². The number of fused-ring (bicyclic) bond motifs is 1. The lowest BCUT2D eigenvalue weighted by molar-refractivity contribution is 0.0949. The zero-order valence-corrected chi connectivity index (χ0v) is 18.0. The Hall–Kier alpha value is -2.77. The molecule has 2 aromatic rings. The minimum atomic E-state index is -0.213. The second-order valence-corrected chi connectivity index (χ2v) is 8.25. The number of Topliss-reactive ketones (excluding diaryl/α,β-unsaturated/α-hetero) is 1. The third-order valence-electron chi connectivity index (χ3n) is 5.63. The smallest absolute Gasteiger partial charge is 0.252 e. The molecule has 1 amide bonds. The second kappa shape index (κ2) is 10.0. The molecule has 0 aliphatic carbocycles. The molecule has 2 N–H and O–H groups in total. The van der Waals surface area contributed by atoms with Crippen molar-refractivity contribution in [3.05, 3.63) is 52.8 Å². The van der Waals surface area contributed by atoms with E-state index >= 15 is 0 Å². The molecule has 7 nitrogen and oxygen atoms in total. The van der Waals surface area contributed by atoms with Crippen LogP contribution in [0.1, 0.15) is 46.4 Å².